The average Bonchev–Trinajstić information content (AvgIpc) is 3.43. The highest BCUT2D eigenvalue weighted by Crippen LogP contribution is 2.46. The highest BCUT2D eigenvalue weighted by atomic mass is 32.2. The van der Waals surface area contributed by atoms with Gasteiger partial charge in [-0.05, 0) is 43.2 Å². The fourth-order valence-corrected chi connectivity index (χ4v) is 6.66. The summed E-state index contributed by atoms with van der Waals surface area (Å²) in [5, 5.41) is 4.04. The summed E-state index contributed by atoms with van der Waals surface area (Å²) in [5.41, 5.74) is 4.04. The maximum Gasteiger partial charge on any atom is 0.183 e. The molecule has 0 saturated carbocycles. The highest BCUT2D eigenvalue weighted by Gasteiger charge is 2.50. The summed E-state index contributed by atoms with van der Waals surface area (Å²) in [7, 11) is -3.29. The van der Waals surface area contributed by atoms with Crippen LogP contribution in [0.25, 0.3) is 11.1 Å². The normalized spacial score (nSPS) is 23.2. The lowest BCUT2D eigenvalue weighted by Crippen LogP contribution is -2.25. The molecule has 0 spiro atoms. The van der Waals surface area contributed by atoms with E-state index in [1.807, 2.05) is 29.1 Å². The zero-order chi connectivity index (χ0) is 19.5. The van der Waals surface area contributed by atoms with Gasteiger partial charge in [-0.2, -0.15) is 5.10 Å². The Morgan fingerprint density at radius 1 is 1.21 bits per heavy atom. The van der Waals surface area contributed by atoms with Crippen molar-refractivity contribution in [3.8, 4) is 11.1 Å². The Labute approximate surface area is 164 Å². The van der Waals surface area contributed by atoms with Crippen molar-refractivity contribution in [1.82, 2.24) is 14.7 Å². The van der Waals surface area contributed by atoms with Gasteiger partial charge in [0.15, 0.2) is 9.84 Å². The zero-order valence-electron chi connectivity index (χ0n) is 15.9. The molecule has 1 fully saturated rings. The smallest absolute Gasteiger partial charge is 0.183 e. The summed E-state index contributed by atoms with van der Waals surface area (Å²) < 4.78 is 33.3. The molecule has 0 aliphatic carbocycles. The molecule has 2 aliphatic rings. The molecule has 1 saturated heterocycles. The van der Waals surface area contributed by atoms with Gasteiger partial charge in [-0.1, -0.05) is 6.07 Å². The van der Waals surface area contributed by atoms with Crippen molar-refractivity contribution in [3.63, 3.8) is 0 Å². The molecule has 0 bridgehead atoms. The standard InChI is InChI=1S/C21H23N3O3S/c1-14(2)24-10-15(8-22-24)9-23-11-19-18-7-16(17-5-6-27-13-17)3-4-20(18)28(25,26)21(19)12-23/h3-8,10,13-14,19,21H,9,11-12H2,1-2H3/t19-,21+/m0/s1. The summed E-state index contributed by atoms with van der Waals surface area (Å²) in [6.45, 7) is 6.23. The van der Waals surface area contributed by atoms with E-state index in [-0.39, 0.29) is 11.2 Å². The first-order valence-corrected chi connectivity index (χ1v) is 11.1. The van der Waals surface area contributed by atoms with Gasteiger partial charge >= 0.3 is 0 Å². The van der Waals surface area contributed by atoms with Gasteiger partial charge < -0.3 is 4.42 Å². The van der Waals surface area contributed by atoms with Gasteiger partial charge in [0, 0.05) is 48.9 Å². The summed E-state index contributed by atoms with van der Waals surface area (Å²) in [4.78, 5) is 2.74. The largest absolute Gasteiger partial charge is 0.472 e. The van der Waals surface area contributed by atoms with Crippen molar-refractivity contribution < 1.29 is 12.8 Å². The molecule has 0 radical (unpaired) electrons. The van der Waals surface area contributed by atoms with Crippen LogP contribution >= 0.6 is 0 Å². The Morgan fingerprint density at radius 3 is 2.79 bits per heavy atom. The maximum absolute atomic E-state index is 13.1. The van der Waals surface area contributed by atoms with Crippen molar-refractivity contribution in [2.75, 3.05) is 13.1 Å². The predicted molar refractivity (Wildman–Crippen MR) is 106 cm³/mol. The summed E-state index contributed by atoms with van der Waals surface area (Å²) in [6, 6.07) is 7.89. The molecular weight excluding hydrogens is 374 g/mol. The van der Waals surface area contributed by atoms with Crippen LogP contribution in [0.5, 0.6) is 0 Å². The number of sulfone groups is 1. The van der Waals surface area contributed by atoms with Crippen LogP contribution in [0, 0.1) is 0 Å². The molecule has 0 N–H and O–H groups in total. The van der Waals surface area contributed by atoms with Crippen molar-refractivity contribution in [3.05, 3.63) is 60.3 Å². The Kier molecular flexibility index (Phi) is 4.00. The lowest BCUT2D eigenvalue weighted by atomic mass is 9.95. The van der Waals surface area contributed by atoms with Crippen LogP contribution in [-0.4, -0.2) is 41.4 Å². The number of nitrogens with zero attached hydrogens (tertiary/aromatic N) is 3. The minimum Gasteiger partial charge on any atom is -0.472 e. The van der Waals surface area contributed by atoms with Crippen LogP contribution in [-0.2, 0) is 16.4 Å². The van der Waals surface area contributed by atoms with Gasteiger partial charge in [-0.25, -0.2) is 8.42 Å². The Balaban J connectivity index is 1.43. The van der Waals surface area contributed by atoms with E-state index in [1.165, 1.54) is 0 Å². The number of likely N-dealkylation sites (tertiary alicyclic amines) is 1. The second-order valence-corrected chi connectivity index (χ2v) is 10.2. The third-order valence-corrected chi connectivity index (χ3v) is 8.16. The molecule has 2 atom stereocenters. The number of hydrogen-bond donors (Lipinski definition) is 0. The van der Waals surface area contributed by atoms with E-state index in [0.29, 0.717) is 17.5 Å². The first-order valence-electron chi connectivity index (χ1n) is 9.59. The lowest BCUT2D eigenvalue weighted by molar-refractivity contribution is 0.325. The van der Waals surface area contributed by atoms with Crippen LogP contribution in [0.2, 0.25) is 0 Å². The van der Waals surface area contributed by atoms with Crippen molar-refractivity contribution in [2.45, 2.75) is 42.5 Å². The lowest BCUT2D eigenvalue weighted by Gasteiger charge is -2.16. The van der Waals surface area contributed by atoms with E-state index in [1.54, 1.807) is 18.6 Å². The molecule has 6 nitrogen and oxygen atoms in total. The van der Waals surface area contributed by atoms with E-state index in [0.717, 1.165) is 35.3 Å². The summed E-state index contributed by atoms with van der Waals surface area (Å²) in [6.07, 6.45) is 7.26. The average molecular weight is 398 g/mol. The van der Waals surface area contributed by atoms with Crippen LogP contribution in [0.1, 0.15) is 36.9 Å². The predicted octanol–water partition coefficient (Wildman–Crippen LogP) is 3.48. The minimum absolute atomic E-state index is 0.0204. The molecular formula is C21H23N3O3S. The minimum atomic E-state index is -3.29. The van der Waals surface area contributed by atoms with E-state index in [9.17, 15) is 8.42 Å². The zero-order valence-corrected chi connectivity index (χ0v) is 16.8. The van der Waals surface area contributed by atoms with Gasteiger partial charge in [-0.15, -0.1) is 0 Å². The second-order valence-electron chi connectivity index (χ2n) is 8.07. The van der Waals surface area contributed by atoms with Crippen molar-refractivity contribution >= 4 is 9.84 Å². The summed E-state index contributed by atoms with van der Waals surface area (Å²) in [5.74, 6) is 0.0204. The Bertz CT molecular complexity index is 1120. The van der Waals surface area contributed by atoms with E-state index in [2.05, 4.69) is 30.0 Å². The van der Waals surface area contributed by atoms with Gasteiger partial charge in [0.2, 0.25) is 0 Å². The Morgan fingerprint density at radius 2 is 2.07 bits per heavy atom. The quantitative estimate of drug-likeness (QED) is 0.674. The Hall–Kier alpha value is -2.38. The number of fused-ring (bicyclic) bond motifs is 3. The summed E-state index contributed by atoms with van der Waals surface area (Å²) >= 11 is 0. The first-order chi connectivity index (χ1) is 13.4. The fourth-order valence-electron chi connectivity index (χ4n) is 4.46. The second kappa shape index (κ2) is 6.32. The number of aromatic nitrogens is 2. The van der Waals surface area contributed by atoms with Crippen LogP contribution in [0.15, 0.2) is 58.5 Å². The molecule has 28 heavy (non-hydrogen) atoms. The maximum atomic E-state index is 13.1. The fraction of sp³-hybridized carbons (Fsp3) is 0.381. The van der Waals surface area contributed by atoms with E-state index in [4.69, 9.17) is 4.42 Å². The van der Waals surface area contributed by atoms with Gasteiger partial charge in [0.1, 0.15) is 0 Å². The first kappa shape index (κ1) is 17.7. The number of furan rings is 1. The number of rotatable bonds is 4. The third-order valence-electron chi connectivity index (χ3n) is 5.90. The third kappa shape index (κ3) is 2.72. The van der Waals surface area contributed by atoms with Crippen molar-refractivity contribution in [2.24, 2.45) is 0 Å². The highest BCUT2D eigenvalue weighted by molar-refractivity contribution is 7.92. The van der Waals surface area contributed by atoms with Crippen LogP contribution in [0.4, 0.5) is 0 Å². The topological polar surface area (TPSA) is 68.3 Å². The molecule has 7 heteroatoms. The van der Waals surface area contributed by atoms with E-state index >= 15 is 0 Å². The molecule has 1 aromatic carbocycles. The molecule has 0 amide bonds. The molecule has 0 unspecified atom stereocenters. The molecule has 5 rings (SSSR count). The monoisotopic (exact) mass is 397 g/mol. The van der Waals surface area contributed by atoms with Crippen LogP contribution in [0.3, 0.4) is 0 Å². The molecule has 2 aliphatic heterocycles. The van der Waals surface area contributed by atoms with Gasteiger partial charge in [0.25, 0.3) is 0 Å². The van der Waals surface area contributed by atoms with Crippen molar-refractivity contribution in [1.29, 1.82) is 0 Å². The number of benzene rings is 1. The molecule has 146 valence electrons. The number of hydrogen-bond acceptors (Lipinski definition) is 5. The SMILES string of the molecule is CC(C)n1cc(CN2C[C@@H]3[C@@H](C2)c2cc(-c4ccoc4)ccc2S3(=O)=O)cn1. The molecule has 4 heterocycles. The molecule has 3 aromatic rings. The van der Waals surface area contributed by atoms with Gasteiger partial charge in [-0.3, -0.25) is 9.58 Å². The van der Waals surface area contributed by atoms with E-state index < -0.39 is 9.84 Å². The molecule has 2 aromatic heterocycles. The van der Waals surface area contributed by atoms with Gasteiger partial charge in [0.05, 0.1) is 28.9 Å². The van der Waals surface area contributed by atoms with Crippen LogP contribution < -0.4 is 0 Å².